The highest BCUT2D eigenvalue weighted by Gasteiger charge is 2.24. The van der Waals surface area contributed by atoms with Gasteiger partial charge < -0.3 is 4.74 Å². The van der Waals surface area contributed by atoms with Gasteiger partial charge in [0.15, 0.2) is 0 Å². The van der Waals surface area contributed by atoms with Crippen LogP contribution in [0.1, 0.15) is 0 Å². The maximum absolute atomic E-state index is 11.5. The summed E-state index contributed by atoms with van der Waals surface area (Å²) in [6.07, 6.45) is 0. The molecule has 4 aromatic rings. The minimum Gasteiger partial charge on any atom is -0.456 e. The van der Waals surface area contributed by atoms with Crippen LogP contribution in [-0.2, 0) is 0 Å². The number of nitro groups is 2. The fourth-order valence-corrected chi connectivity index (χ4v) is 4.96. The van der Waals surface area contributed by atoms with Crippen LogP contribution in [0, 0.1) is 20.2 Å². The van der Waals surface area contributed by atoms with Gasteiger partial charge in [-0.1, -0.05) is 69.6 Å². The van der Waals surface area contributed by atoms with Gasteiger partial charge in [0.25, 0.3) is 11.4 Å². The SMILES string of the molecule is O=[N+]([O-])c1ccc(Oc2ccc([N+](=O)[O-])cc2-c2c(Cl)ccc(Cl)c2Cl)c(-c2c(Cl)ccc(Cl)c2Cl)c1. The van der Waals surface area contributed by atoms with Gasteiger partial charge in [-0.25, -0.2) is 0 Å². The van der Waals surface area contributed by atoms with Gasteiger partial charge >= 0.3 is 0 Å². The molecule has 0 amide bonds. The van der Waals surface area contributed by atoms with Crippen LogP contribution >= 0.6 is 69.6 Å². The molecule has 0 fully saturated rings. The largest absolute Gasteiger partial charge is 0.456 e. The van der Waals surface area contributed by atoms with Gasteiger partial charge in [0.05, 0.1) is 40.0 Å². The van der Waals surface area contributed by atoms with Crippen molar-refractivity contribution in [1.82, 2.24) is 0 Å². The van der Waals surface area contributed by atoms with Crippen molar-refractivity contribution in [3.63, 3.8) is 0 Å². The maximum atomic E-state index is 11.5. The highest BCUT2D eigenvalue weighted by molar-refractivity contribution is 6.47. The second-order valence-electron chi connectivity index (χ2n) is 7.41. The number of hydrogen-bond donors (Lipinski definition) is 0. The van der Waals surface area contributed by atoms with Crippen molar-refractivity contribution in [2.75, 3.05) is 0 Å². The van der Waals surface area contributed by atoms with Gasteiger partial charge in [0.1, 0.15) is 11.5 Å². The van der Waals surface area contributed by atoms with Crippen molar-refractivity contribution in [2.45, 2.75) is 0 Å². The average Bonchev–Trinajstić information content (AvgIpc) is 2.85. The number of hydrogen-bond acceptors (Lipinski definition) is 5. The monoisotopic (exact) mass is 616 g/mol. The van der Waals surface area contributed by atoms with Gasteiger partial charge in [-0.3, -0.25) is 20.2 Å². The van der Waals surface area contributed by atoms with E-state index in [1.807, 2.05) is 0 Å². The third-order valence-electron chi connectivity index (χ3n) is 5.19. The molecule has 0 aliphatic rings. The highest BCUT2D eigenvalue weighted by Crippen LogP contribution is 2.48. The van der Waals surface area contributed by atoms with E-state index in [9.17, 15) is 20.2 Å². The summed E-state index contributed by atoms with van der Waals surface area (Å²) in [5, 5.41) is 23.7. The lowest BCUT2D eigenvalue weighted by Crippen LogP contribution is -1.97. The van der Waals surface area contributed by atoms with E-state index < -0.39 is 9.85 Å². The Balaban J connectivity index is 1.98. The van der Waals surface area contributed by atoms with Gasteiger partial charge in [-0.05, 0) is 36.4 Å². The first-order valence-corrected chi connectivity index (χ1v) is 12.3. The molecule has 0 spiro atoms. The first-order valence-electron chi connectivity index (χ1n) is 10.0. The van der Waals surface area contributed by atoms with Crippen LogP contribution in [0.3, 0.4) is 0 Å². The smallest absolute Gasteiger partial charge is 0.270 e. The van der Waals surface area contributed by atoms with Crippen molar-refractivity contribution in [2.24, 2.45) is 0 Å². The first-order chi connectivity index (χ1) is 17.5. The quantitative estimate of drug-likeness (QED) is 0.122. The van der Waals surface area contributed by atoms with Crippen molar-refractivity contribution in [1.29, 1.82) is 0 Å². The van der Waals surface area contributed by atoms with Crippen LogP contribution in [0.25, 0.3) is 22.3 Å². The zero-order valence-electron chi connectivity index (χ0n) is 18.0. The van der Waals surface area contributed by atoms with E-state index >= 15 is 0 Å². The molecule has 0 aromatic heterocycles. The molecule has 0 aliphatic heterocycles. The second kappa shape index (κ2) is 10.9. The number of non-ortho nitro benzene ring substituents is 2. The second-order valence-corrected chi connectivity index (χ2v) is 9.80. The molecule has 4 rings (SSSR count). The fourth-order valence-electron chi connectivity index (χ4n) is 3.50. The summed E-state index contributed by atoms with van der Waals surface area (Å²) in [6.45, 7) is 0. The number of benzene rings is 4. The molecule has 0 atom stereocenters. The average molecular weight is 619 g/mol. The Morgan fingerprint density at radius 2 is 0.892 bits per heavy atom. The molecule has 0 aliphatic carbocycles. The van der Waals surface area contributed by atoms with Crippen LogP contribution in [0.5, 0.6) is 11.5 Å². The van der Waals surface area contributed by atoms with Gasteiger partial charge in [0.2, 0.25) is 0 Å². The lowest BCUT2D eigenvalue weighted by molar-refractivity contribution is -0.385. The molecular formula is C24H10Cl6N2O5. The van der Waals surface area contributed by atoms with E-state index in [0.717, 1.165) is 0 Å². The van der Waals surface area contributed by atoms with E-state index in [1.165, 1.54) is 60.7 Å². The van der Waals surface area contributed by atoms with E-state index in [2.05, 4.69) is 0 Å². The van der Waals surface area contributed by atoms with Gasteiger partial charge in [-0.15, -0.1) is 0 Å². The highest BCUT2D eigenvalue weighted by atomic mass is 35.5. The lowest BCUT2D eigenvalue weighted by Gasteiger charge is -2.17. The van der Waals surface area contributed by atoms with Crippen LogP contribution < -0.4 is 4.74 Å². The standard InChI is InChI=1S/C24H10Cl6N2O5/c25-15-3-5-17(27)23(29)21(15)13-9-11(31(33)34)1-7-19(13)37-20-8-2-12(32(35)36)10-14(20)22-16(26)4-6-18(28)24(22)30/h1-10H. The Bertz CT molecular complexity index is 1480. The predicted octanol–water partition coefficient (Wildman–Crippen LogP) is 10.5. The van der Waals surface area contributed by atoms with E-state index in [-0.39, 0.29) is 75.3 Å². The topological polar surface area (TPSA) is 95.5 Å². The van der Waals surface area contributed by atoms with Crippen molar-refractivity contribution in [3.8, 4) is 33.8 Å². The van der Waals surface area contributed by atoms with Crippen LogP contribution in [-0.4, -0.2) is 9.85 Å². The molecular weight excluding hydrogens is 609 g/mol. The van der Waals surface area contributed by atoms with Crippen molar-refractivity contribution < 1.29 is 14.6 Å². The summed E-state index contributed by atoms with van der Waals surface area (Å²) in [6, 6.07) is 13.5. The number of nitro benzene ring substituents is 2. The van der Waals surface area contributed by atoms with E-state index in [1.54, 1.807) is 0 Å². The molecule has 0 bridgehead atoms. The summed E-state index contributed by atoms with van der Waals surface area (Å²) in [4.78, 5) is 21.8. The molecule has 7 nitrogen and oxygen atoms in total. The lowest BCUT2D eigenvalue weighted by atomic mass is 10.0. The molecule has 0 heterocycles. The van der Waals surface area contributed by atoms with Crippen LogP contribution in [0.2, 0.25) is 30.1 Å². The minimum atomic E-state index is -0.595. The van der Waals surface area contributed by atoms with E-state index in [4.69, 9.17) is 74.3 Å². The molecule has 13 heteroatoms. The summed E-state index contributed by atoms with van der Waals surface area (Å²) in [5.41, 5.74) is 0.158. The summed E-state index contributed by atoms with van der Waals surface area (Å²) in [5.74, 6) is 0.169. The zero-order chi connectivity index (χ0) is 27.0. The Morgan fingerprint density at radius 3 is 1.24 bits per heavy atom. The predicted molar refractivity (Wildman–Crippen MR) is 147 cm³/mol. The molecule has 188 valence electrons. The Hall–Kier alpha value is -2.78. The molecule has 0 saturated heterocycles. The number of halogens is 6. The van der Waals surface area contributed by atoms with E-state index in [0.29, 0.717) is 0 Å². The number of rotatable bonds is 6. The molecule has 0 radical (unpaired) electrons. The van der Waals surface area contributed by atoms with Gasteiger partial charge in [-0.2, -0.15) is 0 Å². The Labute approximate surface area is 239 Å². The molecule has 37 heavy (non-hydrogen) atoms. The van der Waals surface area contributed by atoms with Crippen molar-refractivity contribution >= 4 is 81.0 Å². The Kier molecular flexibility index (Phi) is 8.04. The molecule has 4 aromatic carbocycles. The third-order valence-corrected chi connectivity index (χ3v) is 7.43. The van der Waals surface area contributed by atoms with Crippen molar-refractivity contribution in [3.05, 3.63) is 111 Å². The third kappa shape index (κ3) is 5.43. The van der Waals surface area contributed by atoms with Crippen LogP contribution in [0.4, 0.5) is 11.4 Å². The van der Waals surface area contributed by atoms with Gasteiger partial charge in [0, 0.05) is 46.5 Å². The zero-order valence-corrected chi connectivity index (χ0v) is 22.5. The number of nitrogens with zero attached hydrogens (tertiary/aromatic N) is 2. The maximum Gasteiger partial charge on any atom is 0.270 e. The number of ether oxygens (including phenoxy) is 1. The Morgan fingerprint density at radius 1 is 0.541 bits per heavy atom. The van der Waals surface area contributed by atoms with Crippen LogP contribution in [0.15, 0.2) is 60.7 Å². The molecule has 0 saturated carbocycles. The summed E-state index contributed by atoms with van der Waals surface area (Å²) in [7, 11) is 0. The normalized spacial score (nSPS) is 10.9. The fraction of sp³-hybridized carbons (Fsp3) is 0. The first kappa shape index (κ1) is 27.3. The summed E-state index contributed by atoms with van der Waals surface area (Å²) < 4.78 is 6.15. The summed E-state index contributed by atoms with van der Waals surface area (Å²) >= 11 is 38.0. The molecule has 0 N–H and O–H groups in total. The molecule has 0 unspecified atom stereocenters. The minimum absolute atomic E-state index is 0.0457.